The maximum Gasteiger partial charge on any atom is 0.160 e. The van der Waals surface area contributed by atoms with Gasteiger partial charge in [-0.3, -0.25) is 4.68 Å². The van der Waals surface area contributed by atoms with Gasteiger partial charge < -0.3 is 5.73 Å². The highest BCUT2D eigenvalue weighted by Crippen LogP contribution is 2.27. The summed E-state index contributed by atoms with van der Waals surface area (Å²) in [7, 11) is 1.70. The average Bonchev–Trinajstić information content (AvgIpc) is 2.58. The molecule has 0 saturated heterocycles. The third-order valence-corrected chi connectivity index (χ3v) is 2.19. The minimum absolute atomic E-state index is 0.192. The van der Waals surface area contributed by atoms with Crippen LogP contribution < -0.4 is 5.73 Å². The zero-order valence-corrected chi connectivity index (χ0v) is 8.04. The highest BCUT2D eigenvalue weighted by atomic mass is 19.2. The van der Waals surface area contributed by atoms with Gasteiger partial charge in [-0.25, -0.2) is 8.78 Å². The molecule has 1 aromatic carbocycles. The summed E-state index contributed by atoms with van der Waals surface area (Å²) >= 11 is 0. The Morgan fingerprint density at radius 2 is 1.93 bits per heavy atom. The third kappa shape index (κ3) is 1.56. The fraction of sp³-hybridized carbons (Fsp3) is 0.100. The fourth-order valence-electron chi connectivity index (χ4n) is 1.42. The SMILES string of the molecule is Cn1nccc1-c1cc(F)c(F)cc1N. The molecule has 5 heteroatoms. The van der Waals surface area contributed by atoms with Crippen molar-refractivity contribution in [1.29, 1.82) is 0 Å². The van der Waals surface area contributed by atoms with E-state index >= 15 is 0 Å². The van der Waals surface area contributed by atoms with E-state index in [4.69, 9.17) is 5.73 Å². The van der Waals surface area contributed by atoms with Crippen LogP contribution in [0.25, 0.3) is 11.3 Å². The first kappa shape index (κ1) is 9.64. The molecule has 0 aliphatic rings. The molecule has 2 N–H and O–H groups in total. The van der Waals surface area contributed by atoms with Crippen LogP contribution in [0.5, 0.6) is 0 Å². The largest absolute Gasteiger partial charge is 0.398 e. The lowest BCUT2D eigenvalue weighted by Crippen LogP contribution is -1.99. The Hall–Kier alpha value is -1.91. The van der Waals surface area contributed by atoms with Crippen molar-refractivity contribution in [2.45, 2.75) is 0 Å². The van der Waals surface area contributed by atoms with Gasteiger partial charge in [0.15, 0.2) is 11.6 Å². The van der Waals surface area contributed by atoms with Crippen molar-refractivity contribution in [3.8, 4) is 11.3 Å². The number of hydrogen-bond donors (Lipinski definition) is 1. The Morgan fingerprint density at radius 3 is 2.53 bits per heavy atom. The number of hydrogen-bond acceptors (Lipinski definition) is 2. The summed E-state index contributed by atoms with van der Waals surface area (Å²) in [5.41, 5.74) is 6.88. The Kier molecular flexibility index (Phi) is 2.15. The molecule has 0 saturated carbocycles. The molecule has 0 aliphatic carbocycles. The van der Waals surface area contributed by atoms with Crippen LogP contribution >= 0.6 is 0 Å². The smallest absolute Gasteiger partial charge is 0.160 e. The number of halogens is 2. The highest BCUT2D eigenvalue weighted by molar-refractivity contribution is 5.73. The standard InChI is InChI=1S/C10H9F2N3/c1-15-10(2-3-14-15)6-4-7(11)8(12)5-9(6)13/h2-5H,13H2,1H3. The Balaban J connectivity index is 2.64. The molecule has 0 aliphatic heterocycles. The summed E-state index contributed by atoms with van der Waals surface area (Å²) in [5, 5.41) is 3.93. The second-order valence-electron chi connectivity index (χ2n) is 3.19. The van der Waals surface area contributed by atoms with Gasteiger partial charge in [0.05, 0.1) is 5.69 Å². The van der Waals surface area contributed by atoms with Crippen molar-refractivity contribution in [1.82, 2.24) is 9.78 Å². The summed E-state index contributed by atoms with van der Waals surface area (Å²) in [6.07, 6.45) is 1.57. The van der Waals surface area contributed by atoms with Gasteiger partial charge in [-0.1, -0.05) is 0 Å². The summed E-state index contributed by atoms with van der Waals surface area (Å²) in [5.74, 6) is -1.86. The molecule has 2 aromatic rings. The van der Waals surface area contributed by atoms with Gasteiger partial charge in [0.1, 0.15) is 0 Å². The molecule has 0 spiro atoms. The molecule has 3 nitrogen and oxygen atoms in total. The number of anilines is 1. The van der Waals surface area contributed by atoms with E-state index < -0.39 is 11.6 Å². The third-order valence-electron chi connectivity index (χ3n) is 2.19. The lowest BCUT2D eigenvalue weighted by molar-refractivity contribution is 0.509. The molecule has 78 valence electrons. The van der Waals surface area contributed by atoms with Crippen LogP contribution in [-0.4, -0.2) is 9.78 Å². The van der Waals surface area contributed by atoms with E-state index in [1.807, 2.05) is 0 Å². The van der Waals surface area contributed by atoms with E-state index in [1.54, 1.807) is 24.0 Å². The van der Waals surface area contributed by atoms with E-state index in [-0.39, 0.29) is 5.69 Å². The van der Waals surface area contributed by atoms with Crippen molar-refractivity contribution in [2.24, 2.45) is 7.05 Å². The molecule has 0 amide bonds. The van der Waals surface area contributed by atoms with Gasteiger partial charge >= 0.3 is 0 Å². The molecule has 0 fully saturated rings. The molecule has 15 heavy (non-hydrogen) atoms. The second kappa shape index (κ2) is 3.34. The van der Waals surface area contributed by atoms with Crippen LogP contribution in [0.1, 0.15) is 0 Å². The Labute approximate surface area is 85.1 Å². The summed E-state index contributed by atoms with van der Waals surface area (Å²) in [6.45, 7) is 0. The Bertz CT molecular complexity index is 505. The van der Waals surface area contributed by atoms with Gasteiger partial charge in [-0.15, -0.1) is 0 Å². The summed E-state index contributed by atoms with van der Waals surface area (Å²) in [4.78, 5) is 0. The van der Waals surface area contributed by atoms with E-state index in [0.29, 0.717) is 11.3 Å². The molecular formula is C10H9F2N3. The van der Waals surface area contributed by atoms with Crippen LogP contribution in [0.3, 0.4) is 0 Å². The fourth-order valence-corrected chi connectivity index (χ4v) is 1.42. The molecule has 0 atom stereocenters. The zero-order chi connectivity index (χ0) is 11.0. The second-order valence-corrected chi connectivity index (χ2v) is 3.19. The van der Waals surface area contributed by atoms with Crippen molar-refractivity contribution in [2.75, 3.05) is 5.73 Å². The number of aryl methyl sites for hydroxylation is 1. The van der Waals surface area contributed by atoms with E-state index in [1.165, 1.54) is 0 Å². The predicted molar refractivity (Wildman–Crippen MR) is 53.0 cm³/mol. The van der Waals surface area contributed by atoms with E-state index in [0.717, 1.165) is 12.1 Å². The normalized spacial score (nSPS) is 10.6. The minimum atomic E-state index is -0.946. The van der Waals surface area contributed by atoms with Crippen LogP contribution in [0.4, 0.5) is 14.5 Å². The van der Waals surface area contributed by atoms with Crippen molar-refractivity contribution < 1.29 is 8.78 Å². The minimum Gasteiger partial charge on any atom is -0.398 e. The van der Waals surface area contributed by atoms with Crippen LogP contribution in [0.2, 0.25) is 0 Å². The van der Waals surface area contributed by atoms with Crippen molar-refractivity contribution in [3.05, 3.63) is 36.0 Å². The first-order valence-corrected chi connectivity index (χ1v) is 4.32. The van der Waals surface area contributed by atoms with Gasteiger partial charge in [0, 0.05) is 30.6 Å². The maximum atomic E-state index is 13.0. The van der Waals surface area contributed by atoms with Gasteiger partial charge in [-0.05, 0) is 12.1 Å². The lowest BCUT2D eigenvalue weighted by Gasteiger charge is -2.06. The summed E-state index contributed by atoms with van der Waals surface area (Å²) in [6, 6.07) is 3.72. The number of nitrogens with two attached hydrogens (primary N) is 1. The molecule has 1 heterocycles. The first-order valence-electron chi connectivity index (χ1n) is 4.32. The number of nitrogen functional groups attached to an aromatic ring is 1. The molecule has 1 aromatic heterocycles. The van der Waals surface area contributed by atoms with Gasteiger partial charge in [-0.2, -0.15) is 5.10 Å². The number of benzene rings is 1. The molecule has 2 rings (SSSR count). The molecule has 0 bridgehead atoms. The highest BCUT2D eigenvalue weighted by Gasteiger charge is 2.11. The molecule has 0 radical (unpaired) electrons. The summed E-state index contributed by atoms with van der Waals surface area (Å²) < 4.78 is 27.4. The quantitative estimate of drug-likeness (QED) is 0.729. The zero-order valence-electron chi connectivity index (χ0n) is 8.04. The van der Waals surface area contributed by atoms with Crippen LogP contribution in [0, 0.1) is 11.6 Å². The number of rotatable bonds is 1. The molecule has 0 unspecified atom stereocenters. The number of nitrogens with zero attached hydrogens (tertiary/aromatic N) is 2. The van der Waals surface area contributed by atoms with E-state index in [9.17, 15) is 8.78 Å². The van der Waals surface area contributed by atoms with Gasteiger partial charge in [0.25, 0.3) is 0 Å². The number of aromatic nitrogens is 2. The molecular weight excluding hydrogens is 200 g/mol. The lowest BCUT2D eigenvalue weighted by atomic mass is 10.1. The van der Waals surface area contributed by atoms with Crippen LogP contribution in [-0.2, 0) is 7.05 Å². The van der Waals surface area contributed by atoms with Gasteiger partial charge in [0.2, 0.25) is 0 Å². The first-order chi connectivity index (χ1) is 7.09. The predicted octanol–water partition coefficient (Wildman–Crippen LogP) is 1.95. The monoisotopic (exact) mass is 209 g/mol. The van der Waals surface area contributed by atoms with Crippen molar-refractivity contribution >= 4 is 5.69 Å². The van der Waals surface area contributed by atoms with E-state index in [2.05, 4.69) is 5.10 Å². The maximum absolute atomic E-state index is 13.0. The topological polar surface area (TPSA) is 43.8 Å². The Morgan fingerprint density at radius 1 is 1.27 bits per heavy atom. The van der Waals surface area contributed by atoms with Crippen molar-refractivity contribution in [3.63, 3.8) is 0 Å². The average molecular weight is 209 g/mol. The van der Waals surface area contributed by atoms with Crippen LogP contribution in [0.15, 0.2) is 24.4 Å².